The molecule has 1 unspecified atom stereocenters. The third-order valence-corrected chi connectivity index (χ3v) is 3.29. The van der Waals surface area contributed by atoms with Crippen molar-refractivity contribution in [2.45, 2.75) is 32.3 Å². The largest absolute Gasteiger partial charge is 0.441 e. The summed E-state index contributed by atoms with van der Waals surface area (Å²) in [6, 6.07) is 8.06. The van der Waals surface area contributed by atoms with Crippen LogP contribution in [0.25, 0.3) is 11.5 Å². The van der Waals surface area contributed by atoms with Gasteiger partial charge in [0.2, 0.25) is 5.89 Å². The summed E-state index contributed by atoms with van der Waals surface area (Å²) in [4.78, 5) is 4.54. The Kier molecular flexibility index (Phi) is 2.48. The van der Waals surface area contributed by atoms with E-state index in [1.54, 1.807) is 0 Å². The van der Waals surface area contributed by atoms with Crippen molar-refractivity contribution in [2.24, 2.45) is 0 Å². The van der Waals surface area contributed by atoms with Crippen molar-refractivity contribution in [1.29, 1.82) is 0 Å². The number of fused-ring (bicyclic) bond motifs is 1. The lowest BCUT2D eigenvalue weighted by atomic mass is 9.99. The third kappa shape index (κ3) is 1.87. The molecule has 1 heterocycles. The molecule has 3 heteroatoms. The molecule has 88 valence electrons. The number of hydrogen-bond acceptors (Lipinski definition) is 3. The maximum atomic E-state index is 9.60. The van der Waals surface area contributed by atoms with Gasteiger partial charge in [0.25, 0.3) is 0 Å². The lowest BCUT2D eigenvalue weighted by molar-refractivity contribution is 0.150. The number of rotatable bonds is 1. The normalized spacial score (nSPS) is 19.1. The highest BCUT2D eigenvalue weighted by Crippen LogP contribution is 2.29. The van der Waals surface area contributed by atoms with E-state index in [1.807, 2.05) is 31.2 Å². The van der Waals surface area contributed by atoms with Crippen LogP contribution in [0.15, 0.2) is 28.7 Å². The summed E-state index contributed by atoms with van der Waals surface area (Å²) in [6.45, 7) is 2.05. The van der Waals surface area contributed by atoms with Crippen molar-refractivity contribution in [3.8, 4) is 11.5 Å². The number of oxazole rings is 1. The molecule has 3 nitrogen and oxygen atoms in total. The van der Waals surface area contributed by atoms with Crippen molar-refractivity contribution < 1.29 is 9.52 Å². The van der Waals surface area contributed by atoms with Crippen LogP contribution < -0.4 is 0 Å². The molecular formula is C14H15NO2. The van der Waals surface area contributed by atoms with E-state index in [9.17, 15) is 5.11 Å². The van der Waals surface area contributed by atoms with Gasteiger partial charge in [0, 0.05) is 12.0 Å². The van der Waals surface area contributed by atoms with E-state index in [1.165, 1.54) is 0 Å². The van der Waals surface area contributed by atoms with E-state index < -0.39 is 0 Å². The monoisotopic (exact) mass is 229 g/mol. The van der Waals surface area contributed by atoms with Crippen LogP contribution in [0.4, 0.5) is 0 Å². The van der Waals surface area contributed by atoms with Gasteiger partial charge in [0.05, 0.1) is 11.8 Å². The number of aliphatic hydroxyl groups excluding tert-OH is 1. The summed E-state index contributed by atoms with van der Waals surface area (Å²) >= 11 is 0. The molecular weight excluding hydrogens is 214 g/mol. The Morgan fingerprint density at radius 1 is 1.35 bits per heavy atom. The minimum absolute atomic E-state index is 0.278. The Balaban J connectivity index is 2.03. The second-order valence-corrected chi connectivity index (χ2v) is 4.60. The van der Waals surface area contributed by atoms with Gasteiger partial charge in [-0.15, -0.1) is 0 Å². The van der Waals surface area contributed by atoms with Crippen LogP contribution in [0.1, 0.15) is 23.4 Å². The third-order valence-electron chi connectivity index (χ3n) is 3.29. The van der Waals surface area contributed by atoms with Crippen LogP contribution in [-0.4, -0.2) is 16.2 Å². The molecule has 0 saturated carbocycles. The molecule has 0 amide bonds. The number of nitrogens with zero attached hydrogens (tertiary/aromatic N) is 1. The zero-order valence-electron chi connectivity index (χ0n) is 9.81. The number of benzene rings is 1. The Hall–Kier alpha value is -1.61. The molecule has 0 spiro atoms. The predicted molar refractivity (Wildman–Crippen MR) is 64.7 cm³/mol. The standard InChI is InChI=1S/C14H15NO2/c1-9-4-2-3-5-11(9)14-15-12-7-6-10(16)8-13(12)17-14/h2-5,10,16H,6-8H2,1H3. The molecule has 2 aromatic rings. The van der Waals surface area contributed by atoms with Crippen LogP contribution >= 0.6 is 0 Å². The Morgan fingerprint density at radius 3 is 3.00 bits per heavy atom. The maximum absolute atomic E-state index is 9.60. The lowest BCUT2D eigenvalue weighted by Crippen LogP contribution is -2.17. The summed E-state index contributed by atoms with van der Waals surface area (Å²) in [5.74, 6) is 1.53. The smallest absolute Gasteiger partial charge is 0.226 e. The van der Waals surface area contributed by atoms with E-state index in [0.29, 0.717) is 12.3 Å². The summed E-state index contributed by atoms with van der Waals surface area (Å²) < 4.78 is 5.77. The van der Waals surface area contributed by atoms with Gasteiger partial charge in [-0.2, -0.15) is 0 Å². The van der Waals surface area contributed by atoms with Crippen LogP contribution in [0.3, 0.4) is 0 Å². The molecule has 0 radical (unpaired) electrons. The average molecular weight is 229 g/mol. The molecule has 1 aromatic heterocycles. The molecule has 0 saturated heterocycles. The van der Waals surface area contributed by atoms with Crippen molar-refractivity contribution in [2.75, 3.05) is 0 Å². The fourth-order valence-corrected chi connectivity index (χ4v) is 2.29. The molecule has 1 aromatic carbocycles. The molecule has 1 aliphatic rings. The number of aliphatic hydroxyl groups is 1. The molecule has 17 heavy (non-hydrogen) atoms. The van der Waals surface area contributed by atoms with Crippen molar-refractivity contribution in [3.05, 3.63) is 41.3 Å². The highest BCUT2D eigenvalue weighted by atomic mass is 16.4. The van der Waals surface area contributed by atoms with E-state index >= 15 is 0 Å². The Labute approximate surface area is 100 Å². The first kappa shape index (κ1) is 10.5. The first-order valence-electron chi connectivity index (χ1n) is 5.96. The summed E-state index contributed by atoms with van der Waals surface area (Å²) in [6.07, 6.45) is 1.91. The summed E-state index contributed by atoms with van der Waals surface area (Å²) in [7, 11) is 0. The van der Waals surface area contributed by atoms with E-state index in [-0.39, 0.29) is 6.10 Å². The van der Waals surface area contributed by atoms with Crippen LogP contribution in [0, 0.1) is 6.92 Å². The first-order chi connectivity index (χ1) is 8.24. The number of aryl methyl sites for hydroxylation is 2. The first-order valence-corrected chi connectivity index (χ1v) is 5.96. The van der Waals surface area contributed by atoms with Gasteiger partial charge in [-0.05, 0) is 31.4 Å². The van der Waals surface area contributed by atoms with Crippen LogP contribution in [-0.2, 0) is 12.8 Å². The van der Waals surface area contributed by atoms with E-state index in [4.69, 9.17) is 4.42 Å². The number of hydrogen-bond donors (Lipinski definition) is 1. The van der Waals surface area contributed by atoms with Gasteiger partial charge in [0.15, 0.2) is 0 Å². The molecule has 0 aliphatic heterocycles. The maximum Gasteiger partial charge on any atom is 0.226 e. The molecule has 0 fully saturated rings. The van der Waals surface area contributed by atoms with Gasteiger partial charge < -0.3 is 9.52 Å². The quantitative estimate of drug-likeness (QED) is 0.817. The van der Waals surface area contributed by atoms with E-state index in [0.717, 1.165) is 35.4 Å². The second kappa shape index (κ2) is 4.00. The average Bonchev–Trinajstić information content (AvgIpc) is 2.72. The van der Waals surface area contributed by atoms with Crippen molar-refractivity contribution in [1.82, 2.24) is 4.98 Å². The molecule has 1 atom stereocenters. The predicted octanol–water partition coefficient (Wildman–Crippen LogP) is 2.50. The Bertz CT molecular complexity index is 545. The minimum atomic E-state index is -0.278. The highest BCUT2D eigenvalue weighted by molar-refractivity contribution is 5.58. The van der Waals surface area contributed by atoms with Crippen molar-refractivity contribution in [3.63, 3.8) is 0 Å². The van der Waals surface area contributed by atoms with Gasteiger partial charge in [-0.3, -0.25) is 0 Å². The van der Waals surface area contributed by atoms with Crippen molar-refractivity contribution >= 4 is 0 Å². The fourth-order valence-electron chi connectivity index (χ4n) is 2.29. The van der Waals surface area contributed by atoms with Crippen LogP contribution in [0.5, 0.6) is 0 Å². The number of aromatic nitrogens is 1. The summed E-state index contributed by atoms with van der Waals surface area (Å²) in [5, 5.41) is 9.60. The lowest BCUT2D eigenvalue weighted by Gasteiger charge is -2.13. The molecule has 3 rings (SSSR count). The zero-order chi connectivity index (χ0) is 11.8. The van der Waals surface area contributed by atoms with Gasteiger partial charge >= 0.3 is 0 Å². The Morgan fingerprint density at radius 2 is 2.18 bits per heavy atom. The summed E-state index contributed by atoms with van der Waals surface area (Å²) in [5.41, 5.74) is 3.21. The van der Waals surface area contributed by atoms with Crippen LogP contribution in [0.2, 0.25) is 0 Å². The van der Waals surface area contributed by atoms with Gasteiger partial charge in [0.1, 0.15) is 5.76 Å². The topological polar surface area (TPSA) is 46.3 Å². The SMILES string of the molecule is Cc1ccccc1-c1nc2c(o1)CC(O)CC2. The van der Waals surface area contributed by atoms with E-state index in [2.05, 4.69) is 4.98 Å². The zero-order valence-corrected chi connectivity index (χ0v) is 9.81. The molecule has 0 bridgehead atoms. The van der Waals surface area contributed by atoms with Gasteiger partial charge in [-0.1, -0.05) is 18.2 Å². The minimum Gasteiger partial charge on any atom is -0.441 e. The second-order valence-electron chi connectivity index (χ2n) is 4.60. The molecule has 1 N–H and O–H groups in total. The molecule has 1 aliphatic carbocycles. The van der Waals surface area contributed by atoms with Gasteiger partial charge in [-0.25, -0.2) is 4.98 Å². The highest BCUT2D eigenvalue weighted by Gasteiger charge is 2.23. The fraction of sp³-hybridized carbons (Fsp3) is 0.357.